The maximum atomic E-state index is 12.2. The van der Waals surface area contributed by atoms with E-state index in [9.17, 15) is 9.59 Å². The van der Waals surface area contributed by atoms with E-state index in [2.05, 4.69) is 5.32 Å². The summed E-state index contributed by atoms with van der Waals surface area (Å²) >= 11 is 0. The van der Waals surface area contributed by atoms with Crippen LogP contribution in [0.5, 0.6) is 0 Å². The summed E-state index contributed by atoms with van der Waals surface area (Å²) in [5, 5.41) is 3.30. The second-order valence-corrected chi connectivity index (χ2v) is 5.43. The van der Waals surface area contributed by atoms with Crippen molar-refractivity contribution in [1.29, 1.82) is 0 Å². The average molecular weight is 210 g/mol. The Hall–Kier alpha value is -0.900. The number of hydrogen-bond donors (Lipinski definition) is 1. The van der Waals surface area contributed by atoms with Crippen LogP contribution < -0.4 is 5.32 Å². The van der Waals surface area contributed by atoms with Crippen LogP contribution in [0.3, 0.4) is 0 Å². The molecule has 0 aromatic carbocycles. The van der Waals surface area contributed by atoms with E-state index in [1.165, 1.54) is 0 Å². The van der Waals surface area contributed by atoms with E-state index in [1.54, 1.807) is 6.92 Å². The average Bonchev–Trinajstić information content (AvgIpc) is 2.10. The van der Waals surface area contributed by atoms with Crippen LogP contribution >= 0.6 is 0 Å². The van der Waals surface area contributed by atoms with E-state index in [-0.39, 0.29) is 5.91 Å². The summed E-state index contributed by atoms with van der Waals surface area (Å²) < 4.78 is 0. The third-order valence-electron chi connectivity index (χ3n) is 3.65. The molecule has 84 valence electrons. The third kappa shape index (κ3) is 1.47. The minimum Gasteiger partial charge on any atom is -0.341 e. The number of hydrogen-bond acceptors (Lipinski definition) is 3. The Labute approximate surface area is 90.0 Å². The first-order chi connectivity index (χ1) is 6.87. The van der Waals surface area contributed by atoms with Gasteiger partial charge in [-0.2, -0.15) is 0 Å². The number of Topliss-reactive ketones (excluding diaryl/α,β-unsaturated/α-hetero) is 1. The fourth-order valence-electron chi connectivity index (χ4n) is 2.88. The summed E-state index contributed by atoms with van der Waals surface area (Å²) in [4.78, 5) is 25.5. The standard InChI is InChI=1S/C11H18N2O2/c1-8(14)13-6-10(2)4-12-5-11(3,7-13)9(10)15/h12H,4-7H2,1-3H3. The highest BCUT2D eigenvalue weighted by Gasteiger charge is 2.53. The van der Waals surface area contributed by atoms with E-state index in [0.29, 0.717) is 32.0 Å². The van der Waals surface area contributed by atoms with Crippen molar-refractivity contribution in [2.45, 2.75) is 20.8 Å². The number of piperidine rings is 2. The Kier molecular flexibility index (Phi) is 2.15. The molecule has 4 heteroatoms. The van der Waals surface area contributed by atoms with Crippen molar-refractivity contribution in [2.24, 2.45) is 10.8 Å². The van der Waals surface area contributed by atoms with Crippen LogP contribution in [-0.4, -0.2) is 42.8 Å². The van der Waals surface area contributed by atoms with Gasteiger partial charge in [-0.3, -0.25) is 9.59 Å². The van der Waals surface area contributed by atoms with Gasteiger partial charge in [-0.1, -0.05) is 0 Å². The maximum absolute atomic E-state index is 12.2. The van der Waals surface area contributed by atoms with Gasteiger partial charge in [0, 0.05) is 33.1 Å². The smallest absolute Gasteiger partial charge is 0.219 e. The van der Waals surface area contributed by atoms with Crippen LogP contribution in [0, 0.1) is 10.8 Å². The minimum atomic E-state index is -0.392. The molecule has 2 rings (SSSR count). The van der Waals surface area contributed by atoms with Gasteiger partial charge >= 0.3 is 0 Å². The van der Waals surface area contributed by atoms with Crippen molar-refractivity contribution in [3.05, 3.63) is 0 Å². The Morgan fingerprint density at radius 1 is 1.27 bits per heavy atom. The van der Waals surface area contributed by atoms with Crippen LogP contribution in [0.15, 0.2) is 0 Å². The predicted octanol–water partition coefficient (Wildman–Crippen LogP) is 0.0334. The first kappa shape index (κ1) is 10.6. The quantitative estimate of drug-likeness (QED) is 0.614. The summed E-state index contributed by atoms with van der Waals surface area (Å²) in [7, 11) is 0. The zero-order chi connectivity index (χ0) is 11.3. The highest BCUT2D eigenvalue weighted by Crippen LogP contribution is 2.39. The molecule has 2 aliphatic heterocycles. The van der Waals surface area contributed by atoms with Crippen LogP contribution in [0.4, 0.5) is 0 Å². The van der Waals surface area contributed by atoms with Crippen molar-refractivity contribution < 1.29 is 9.59 Å². The van der Waals surface area contributed by atoms with Crippen LogP contribution in [0.2, 0.25) is 0 Å². The number of nitrogens with one attached hydrogen (secondary N) is 1. The van der Waals surface area contributed by atoms with E-state index < -0.39 is 10.8 Å². The van der Waals surface area contributed by atoms with Gasteiger partial charge in [0.25, 0.3) is 0 Å². The third-order valence-corrected chi connectivity index (χ3v) is 3.65. The first-order valence-corrected chi connectivity index (χ1v) is 5.39. The largest absolute Gasteiger partial charge is 0.341 e. The minimum absolute atomic E-state index is 0.0712. The molecule has 2 heterocycles. The van der Waals surface area contributed by atoms with Gasteiger partial charge in [-0.15, -0.1) is 0 Å². The molecule has 15 heavy (non-hydrogen) atoms. The molecule has 2 bridgehead atoms. The molecule has 2 saturated heterocycles. The van der Waals surface area contributed by atoms with E-state index in [0.717, 1.165) is 0 Å². The molecule has 2 fully saturated rings. The summed E-state index contributed by atoms with van der Waals surface area (Å²) in [5.41, 5.74) is -0.784. The topological polar surface area (TPSA) is 49.4 Å². The number of likely N-dealkylation sites (tertiary alicyclic amines) is 1. The molecule has 1 amide bonds. The summed E-state index contributed by atoms with van der Waals surface area (Å²) in [6.45, 7) is 7.97. The van der Waals surface area contributed by atoms with Crippen LogP contribution in [-0.2, 0) is 9.59 Å². The lowest BCUT2D eigenvalue weighted by atomic mass is 9.65. The van der Waals surface area contributed by atoms with E-state index in [4.69, 9.17) is 0 Å². The monoisotopic (exact) mass is 210 g/mol. The van der Waals surface area contributed by atoms with Gasteiger partial charge in [0.05, 0.1) is 10.8 Å². The molecular formula is C11H18N2O2. The summed E-state index contributed by atoms with van der Waals surface area (Å²) in [6.07, 6.45) is 0. The fourth-order valence-corrected chi connectivity index (χ4v) is 2.88. The summed E-state index contributed by atoms with van der Waals surface area (Å²) in [5.74, 6) is 0.383. The number of nitrogens with zero attached hydrogens (tertiary/aromatic N) is 1. The molecule has 4 nitrogen and oxygen atoms in total. The molecule has 0 spiro atoms. The van der Waals surface area contributed by atoms with Crippen molar-refractivity contribution >= 4 is 11.7 Å². The van der Waals surface area contributed by atoms with Crippen LogP contribution in [0.25, 0.3) is 0 Å². The number of carbonyl (C=O) groups is 2. The van der Waals surface area contributed by atoms with E-state index in [1.807, 2.05) is 18.7 Å². The van der Waals surface area contributed by atoms with Crippen molar-refractivity contribution in [2.75, 3.05) is 26.2 Å². The molecule has 0 aromatic rings. The number of fused-ring (bicyclic) bond motifs is 2. The molecule has 0 radical (unpaired) electrons. The number of ketones is 1. The van der Waals surface area contributed by atoms with E-state index >= 15 is 0 Å². The highest BCUT2D eigenvalue weighted by molar-refractivity contribution is 5.93. The molecule has 1 N–H and O–H groups in total. The first-order valence-electron chi connectivity index (χ1n) is 5.39. The van der Waals surface area contributed by atoms with Gasteiger partial charge in [-0.05, 0) is 13.8 Å². The number of amides is 1. The second-order valence-electron chi connectivity index (χ2n) is 5.43. The normalized spacial score (nSPS) is 40.5. The molecule has 2 aliphatic rings. The van der Waals surface area contributed by atoms with Gasteiger partial charge in [0.1, 0.15) is 0 Å². The number of rotatable bonds is 0. The molecule has 0 aliphatic carbocycles. The molecule has 0 aromatic heterocycles. The molecule has 2 atom stereocenters. The molecule has 0 saturated carbocycles. The predicted molar refractivity (Wildman–Crippen MR) is 56.3 cm³/mol. The van der Waals surface area contributed by atoms with Gasteiger partial charge in [0.2, 0.25) is 5.91 Å². The van der Waals surface area contributed by atoms with Crippen molar-refractivity contribution in [3.63, 3.8) is 0 Å². The van der Waals surface area contributed by atoms with Gasteiger partial charge in [0.15, 0.2) is 5.78 Å². The Morgan fingerprint density at radius 2 is 1.73 bits per heavy atom. The van der Waals surface area contributed by atoms with Gasteiger partial charge < -0.3 is 10.2 Å². The zero-order valence-electron chi connectivity index (χ0n) is 9.59. The Morgan fingerprint density at radius 3 is 2.13 bits per heavy atom. The van der Waals surface area contributed by atoms with Crippen molar-refractivity contribution in [3.8, 4) is 0 Å². The Bertz CT molecular complexity index is 307. The van der Waals surface area contributed by atoms with Gasteiger partial charge in [-0.25, -0.2) is 0 Å². The Balaban J connectivity index is 2.33. The molecular weight excluding hydrogens is 192 g/mol. The lowest BCUT2D eigenvalue weighted by Crippen LogP contribution is -2.68. The lowest BCUT2D eigenvalue weighted by Gasteiger charge is -2.51. The highest BCUT2D eigenvalue weighted by atomic mass is 16.2. The van der Waals surface area contributed by atoms with Crippen LogP contribution in [0.1, 0.15) is 20.8 Å². The maximum Gasteiger partial charge on any atom is 0.219 e. The summed E-state index contributed by atoms with van der Waals surface area (Å²) in [6, 6.07) is 0. The van der Waals surface area contributed by atoms with Crippen molar-refractivity contribution in [1.82, 2.24) is 10.2 Å². The molecule has 2 unspecified atom stereocenters. The SMILES string of the molecule is CC(=O)N1CC2(C)CNCC(C)(C1)C2=O. The fraction of sp³-hybridized carbons (Fsp3) is 0.818. The number of carbonyl (C=O) groups excluding carboxylic acids is 2. The lowest BCUT2D eigenvalue weighted by molar-refractivity contribution is -0.155. The zero-order valence-corrected chi connectivity index (χ0v) is 9.59. The second kappa shape index (κ2) is 3.04.